The van der Waals surface area contributed by atoms with Crippen molar-refractivity contribution < 1.29 is 14.2 Å². The fourth-order valence-corrected chi connectivity index (χ4v) is 0.140. The van der Waals surface area contributed by atoms with Gasteiger partial charge in [-0.25, -0.2) is 4.39 Å². The van der Waals surface area contributed by atoms with Crippen LogP contribution in [0.1, 0.15) is 0 Å². The van der Waals surface area contributed by atoms with Crippen LogP contribution in [0, 0.1) is 0 Å². The summed E-state index contributed by atoms with van der Waals surface area (Å²) >= 11 is 0. The van der Waals surface area contributed by atoms with E-state index in [9.17, 15) is 4.39 Å². The van der Waals surface area contributed by atoms with Gasteiger partial charge in [-0.1, -0.05) is 6.58 Å². The molecule has 0 aliphatic heterocycles. The molecule has 0 amide bonds. The van der Waals surface area contributed by atoms with Crippen LogP contribution in [-0.2, 0) is 9.78 Å². The Morgan fingerprint density at radius 3 is 2.57 bits per heavy atom. The first-order valence-corrected chi connectivity index (χ1v) is 1.75. The second-order valence-electron chi connectivity index (χ2n) is 0.922. The Labute approximate surface area is 41.5 Å². The van der Waals surface area contributed by atoms with Crippen LogP contribution < -0.4 is 0 Å². The lowest BCUT2D eigenvalue weighted by atomic mass is 10.6. The molecule has 0 aromatic heterocycles. The van der Waals surface area contributed by atoms with E-state index in [2.05, 4.69) is 16.4 Å². The Balaban J connectivity index is 3.00. The third kappa shape index (κ3) is 3.26. The highest BCUT2D eigenvalue weighted by Gasteiger charge is 1.87. The molecule has 42 valence electrons. The highest BCUT2D eigenvalue weighted by Crippen LogP contribution is 1.91. The van der Waals surface area contributed by atoms with Crippen LogP contribution in [-0.4, -0.2) is 13.8 Å². The number of rotatable bonds is 3. The lowest BCUT2D eigenvalue weighted by Gasteiger charge is -1.96. The zero-order chi connectivity index (χ0) is 5.70. The van der Waals surface area contributed by atoms with Crippen molar-refractivity contribution in [2.45, 2.75) is 0 Å². The van der Waals surface area contributed by atoms with E-state index >= 15 is 0 Å². The van der Waals surface area contributed by atoms with E-state index in [0.29, 0.717) is 0 Å². The van der Waals surface area contributed by atoms with Gasteiger partial charge in [-0.3, -0.25) is 0 Å². The minimum atomic E-state index is -0.701. The Morgan fingerprint density at radius 2 is 2.43 bits per heavy atom. The molecule has 7 heavy (non-hydrogen) atoms. The van der Waals surface area contributed by atoms with Crippen LogP contribution in [0.2, 0.25) is 0 Å². The van der Waals surface area contributed by atoms with Crippen molar-refractivity contribution in [3.8, 4) is 0 Å². The molecule has 0 atom stereocenters. The third-order valence-electron chi connectivity index (χ3n) is 0.350. The van der Waals surface area contributed by atoms with Gasteiger partial charge < -0.3 is 4.89 Å². The van der Waals surface area contributed by atoms with Crippen molar-refractivity contribution in [3.05, 3.63) is 12.3 Å². The van der Waals surface area contributed by atoms with Crippen molar-refractivity contribution in [2.24, 2.45) is 0 Å². The van der Waals surface area contributed by atoms with Gasteiger partial charge >= 0.3 is 0 Å². The predicted molar refractivity (Wildman–Crippen MR) is 23.2 cm³/mol. The molecule has 0 spiro atoms. The molecule has 0 aromatic rings. The highest BCUT2D eigenvalue weighted by atomic mass is 19.1. The Bertz CT molecular complexity index is 62.7. The fraction of sp³-hybridized carbons (Fsp3) is 0.500. The topological polar surface area (TPSA) is 18.5 Å². The van der Waals surface area contributed by atoms with E-state index in [4.69, 9.17) is 0 Å². The zero-order valence-electron chi connectivity index (χ0n) is 4.11. The quantitative estimate of drug-likeness (QED) is 0.304. The molecule has 0 aliphatic carbocycles. The molecule has 0 bridgehead atoms. The van der Waals surface area contributed by atoms with Gasteiger partial charge in [-0.15, -0.1) is 0 Å². The Morgan fingerprint density at radius 1 is 1.86 bits per heavy atom. The van der Waals surface area contributed by atoms with E-state index in [-0.39, 0.29) is 5.76 Å². The fourth-order valence-electron chi connectivity index (χ4n) is 0.140. The first-order valence-electron chi connectivity index (χ1n) is 1.75. The average molecular weight is 106 g/mol. The summed E-state index contributed by atoms with van der Waals surface area (Å²) < 4.78 is 11.3. The number of halogens is 1. The smallest absolute Gasteiger partial charge is 0.166 e. The molecule has 0 unspecified atom stereocenters. The normalized spacial score (nSPS) is 8.29. The SMILES string of the molecule is C=C(CF)OOC. The van der Waals surface area contributed by atoms with Gasteiger partial charge in [0.05, 0.1) is 7.11 Å². The van der Waals surface area contributed by atoms with Crippen LogP contribution in [0.5, 0.6) is 0 Å². The monoisotopic (exact) mass is 106 g/mol. The van der Waals surface area contributed by atoms with Gasteiger partial charge in [0.1, 0.15) is 6.67 Å². The van der Waals surface area contributed by atoms with Crippen LogP contribution in [0.3, 0.4) is 0 Å². The minimum Gasteiger partial charge on any atom is -0.340 e. The molecular weight excluding hydrogens is 99.0 g/mol. The van der Waals surface area contributed by atoms with Gasteiger partial charge in [0, 0.05) is 0 Å². The third-order valence-corrected chi connectivity index (χ3v) is 0.350. The molecule has 3 heteroatoms. The summed E-state index contributed by atoms with van der Waals surface area (Å²) in [6, 6.07) is 0. The van der Waals surface area contributed by atoms with Crippen molar-refractivity contribution in [1.82, 2.24) is 0 Å². The van der Waals surface area contributed by atoms with Gasteiger partial charge in [0.25, 0.3) is 0 Å². The van der Waals surface area contributed by atoms with Crippen LogP contribution in [0.4, 0.5) is 4.39 Å². The molecule has 0 saturated heterocycles. The molecule has 0 saturated carbocycles. The first kappa shape index (κ1) is 6.43. The first-order chi connectivity index (χ1) is 3.31. The van der Waals surface area contributed by atoms with E-state index in [1.54, 1.807) is 0 Å². The van der Waals surface area contributed by atoms with Crippen molar-refractivity contribution in [3.63, 3.8) is 0 Å². The molecule has 0 aliphatic rings. The molecule has 0 fully saturated rings. The largest absolute Gasteiger partial charge is 0.340 e. The minimum absolute atomic E-state index is 0.0116. The van der Waals surface area contributed by atoms with E-state index in [0.717, 1.165) is 0 Å². The lowest BCUT2D eigenvalue weighted by Crippen LogP contribution is -1.89. The summed E-state index contributed by atoms with van der Waals surface area (Å²) in [6.45, 7) is 2.44. The molecule has 0 rings (SSSR count). The Hall–Kier alpha value is -0.570. The number of allylic oxidation sites excluding steroid dienone is 1. The van der Waals surface area contributed by atoms with Crippen molar-refractivity contribution in [1.29, 1.82) is 0 Å². The lowest BCUT2D eigenvalue weighted by molar-refractivity contribution is -0.239. The predicted octanol–water partition coefficient (Wildman–Crippen LogP) is 1.05. The molecule has 0 heterocycles. The maximum atomic E-state index is 11.3. The van der Waals surface area contributed by atoms with Gasteiger partial charge in [0.2, 0.25) is 0 Å². The van der Waals surface area contributed by atoms with E-state index < -0.39 is 6.67 Å². The van der Waals surface area contributed by atoms with Crippen molar-refractivity contribution in [2.75, 3.05) is 13.8 Å². The summed E-state index contributed by atoms with van der Waals surface area (Å²) in [5, 5.41) is 0. The van der Waals surface area contributed by atoms with Gasteiger partial charge in [-0.2, -0.15) is 4.89 Å². The summed E-state index contributed by atoms with van der Waals surface area (Å²) in [5.74, 6) is -0.0116. The highest BCUT2D eigenvalue weighted by molar-refractivity contribution is 4.78. The second kappa shape index (κ2) is 3.61. The number of hydrogen-bond donors (Lipinski definition) is 0. The zero-order valence-corrected chi connectivity index (χ0v) is 4.11. The summed E-state index contributed by atoms with van der Waals surface area (Å²) in [5.41, 5.74) is 0. The van der Waals surface area contributed by atoms with Crippen LogP contribution >= 0.6 is 0 Å². The van der Waals surface area contributed by atoms with Crippen LogP contribution in [0.15, 0.2) is 12.3 Å². The second-order valence-corrected chi connectivity index (χ2v) is 0.922. The average Bonchev–Trinajstić information content (AvgIpc) is 1.68. The number of hydrogen-bond acceptors (Lipinski definition) is 2. The Kier molecular flexibility index (Phi) is 3.32. The molecule has 0 radical (unpaired) electrons. The maximum absolute atomic E-state index is 11.3. The molecular formula is C4H7FO2. The molecule has 0 N–H and O–H groups in total. The standard InChI is InChI=1S/C4H7FO2/c1-4(3-5)7-6-2/h1,3H2,2H3. The van der Waals surface area contributed by atoms with Gasteiger partial charge in [0.15, 0.2) is 5.76 Å². The number of alkyl halides is 1. The molecule has 0 aromatic carbocycles. The summed E-state index contributed by atoms with van der Waals surface area (Å²) in [6.07, 6.45) is 0. The van der Waals surface area contributed by atoms with E-state index in [1.807, 2.05) is 0 Å². The van der Waals surface area contributed by atoms with Gasteiger partial charge in [-0.05, 0) is 0 Å². The van der Waals surface area contributed by atoms with Crippen molar-refractivity contribution >= 4 is 0 Å². The maximum Gasteiger partial charge on any atom is 0.166 e. The summed E-state index contributed by atoms with van der Waals surface area (Å²) in [4.78, 5) is 8.18. The molecule has 2 nitrogen and oxygen atoms in total. The van der Waals surface area contributed by atoms with Crippen LogP contribution in [0.25, 0.3) is 0 Å². The van der Waals surface area contributed by atoms with E-state index in [1.165, 1.54) is 7.11 Å². The summed E-state index contributed by atoms with van der Waals surface area (Å²) in [7, 11) is 1.29.